The van der Waals surface area contributed by atoms with Crippen molar-refractivity contribution < 1.29 is 14.3 Å². The summed E-state index contributed by atoms with van der Waals surface area (Å²) < 4.78 is 10.5. The maximum Gasteiger partial charge on any atom is 0.409 e. The van der Waals surface area contributed by atoms with E-state index in [1.165, 1.54) is 0 Å². The highest BCUT2D eigenvalue weighted by Crippen LogP contribution is 2.11. The Hall–Kier alpha value is -0.770. The second-order valence-electron chi connectivity index (χ2n) is 6.19. The minimum atomic E-state index is -0.228. The number of nitrogens with zero attached hydrogens (tertiary/aromatic N) is 2. The first kappa shape index (κ1) is 23.2. The van der Waals surface area contributed by atoms with Gasteiger partial charge in [0, 0.05) is 38.9 Å². The Bertz CT molecular complexity index is 372. The predicted octanol–water partition coefficient (Wildman–Crippen LogP) is 2.19. The number of guanidine groups is 1. The van der Waals surface area contributed by atoms with E-state index in [1.807, 2.05) is 6.92 Å². The van der Waals surface area contributed by atoms with Crippen LogP contribution in [0.4, 0.5) is 4.79 Å². The number of carbonyl (C=O) groups is 1. The van der Waals surface area contributed by atoms with Crippen LogP contribution in [-0.2, 0) is 9.47 Å². The van der Waals surface area contributed by atoms with Gasteiger partial charge in [-0.1, -0.05) is 13.8 Å². The molecule has 1 aliphatic heterocycles. The maximum atomic E-state index is 11.6. The van der Waals surface area contributed by atoms with Crippen molar-refractivity contribution in [1.82, 2.24) is 10.2 Å². The second kappa shape index (κ2) is 13.5. The molecule has 8 heteroatoms. The van der Waals surface area contributed by atoms with Crippen LogP contribution in [0.3, 0.4) is 0 Å². The number of carbonyl (C=O) groups excluding carboxylic acids is 1. The number of halogens is 1. The topological polar surface area (TPSA) is 89.2 Å². The smallest absolute Gasteiger partial charge is 0.409 e. The number of likely N-dealkylation sites (tertiary alicyclic amines) is 1. The molecule has 3 N–H and O–H groups in total. The van der Waals surface area contributed by atoms with Crippen LogP contribution < -0.4 is 11.1 Å². The van der Waals surface area contributed by atoms with Gasteiger partial charge in [0.15, 0.2) is 5.96 Å². The van der Waals surface area contributed by atoms with E-state index in [9.17, 15) is 4.79 Å². The third kappa shape index (κ3) is 10.2. The highest BCUT2D eigenvalue weighted by Gasteiger charge is 2.23. The first-order valence-corrected chi connectivity index (χ1v) is 8.58. The number of piperidine rings is 1. The van der Waals surface area contributed by atoms with Crippen molar-refractivity contribution in [3.8, 4) is 0 Å². The number of hydrogen-bond donors (Lipinski definition) is 2. The number of amides is 1. The summed E-state index contributed by atoms with van der Waals surface area (Å²) in [6, 6.07) is 0.265. The molecule has 1 fully saturated rings. The van der Waals surface area contributed by atoms with E-state index < -0.39 is 0 Å². The number of hydrogen-bond acceptors (Lipinski definition) is 4. The number of nitrogens with two attached hydrogens (primary N) is 1. The molecule has 1 aliphatic rings. The molecule has 0 spiro atoms. The minimum absolute atomic E-state index is 0. The standard InChI is InChI=1S/C16H32N4O3.HI/c1-4-23-16(21)20-9-6-14(7-10-20)19-15(17)18-8-5-11-22-12-13(2)3;/h13-14H,4-12H2,1-3H3,(H3,17,18,19);1H. The van der Waals surface area contributed by atoms with E-state index >= 15 is 0 Å². The Morgan fingerprint density at radius 2 is 2.04 bits per heavy atom. The zero-order valence-electron chi connectivity index (χ0n) is 15.1. The summed E-state index contributed by atoms with van der Waals surface area (Å²) in [5.74, 6) is 1.04. The molecule has 0 atom stereocenters. The van der Waals surface area contributed by atoms with Crippen molar-refractivity contribution in [3.63, 3.8) is 0 Å². The SMILES string of the molecule is CCOC(=O)N1CCC(NC(N)=NCCCOCC(C)C)CC1.I. The Labute approximate surface area is 162 Å². The van der Waals surface area contributed by atoms with Gasteiger partial charge in [-0.15, -0.1) is 24.0 Å². The van der Waals surface area contributed by atoms with Gasteiger partial charge in [-0.25, -0.2) is 4.79 Å². The van der Waals surface area contributed by atoms with Gasteiger partial charge in [-0.2, -0.15) is 0 Å². The summed E-state index contributed by atoms with van der Waals surface area (Å²) >= 11 is 0. The van der Waals surface area contributed by atoms with Crippen LogP contribution in [0.2, 0.25) is 0 Å². The molecule has 0 aromatic carbocycles. The summed E-state index contributed by atoms with van der Waals surface area (Å²) in [6.07, 6.45) is 2.35. The van der Waals surface area contributed by atoms with E-state index in [-0.39, 0.29) is 36.1 Å². The summed E-state index contributed by atoms with van der Waals surface area (Å²) in [7, 11) is 0. The fourth-order valence-electron chi connectivity index (χ4n) is 2.36. The van der Waals surface area contributed by atoms with Gasteiger partial charge in [-0.05, 0) is 32.1 Å². The number of nitrogens with one attached hydrogen (secondary N) is 1. The van der Waals surface area contributed by atoms with Crippen LogP contribution in [0.5, 0.6) is 0 Å². The van der Waals surface area contributed by atoms with Gasteiger partial charge in [0.05, 0.1) is 6.61 Å². The third-order valence-corrected chi connectivity index (χ3v) is 3.55. The summed E-state index contributed by atoms with van der Waals surface area (Å²) in [5.41, 5.74) is 5.90. The zero-order valence-corrected chi connectivity index (χ0v) is 17.5. The van der Waals surface area contributed by atoms with Gasteiger partial charge < -0.3 is 25.4 Å². The van der Waals surface area contributed by atoms with Crippen molar-refractivity contribution >= 4 is 36.0 Å². The molecule has 1 saturated heterocycles. The summed E-state index contributed by atoms with van der Waals surface area (Å²) in [6.45, 7) is 10.0. The van der Waals surface area contributed by atoms with Crippen molar-refractivity contribution in [2.24, 2.45) is 16.6 Å². The van der Waals surface area contributed by atoms with E-state index in [0.717, 1.165) is 25.9 Å². The van der Waals surface area contributed by atoms with Gasteiger partial charge >= 0.3 is 6.09 Å². The maximum absolute atomic E-state index is 11.6. The van der Waals surface area contributed by atoms with Crippen molar-refractivity contribution in [2.45, 2.75) is 46.1 Å². The van der Waals surface area contributed by atoms with Gasteiger partial charge in [0.1, 0.15) is 0 Å². The lowest BCUT2D eigenvalue weighted by molar-refractivity contribution is 0.0963. The molecule has 142 valence electrons. The molecule has 0 saturated carbocycles. The van der Waals surface area contributed by atoms with Crippen LogP contribution in [0, 0.1) is 5.92 Å². The third-order valence-electron chi connectivity index (χ3n) is 3.55. The van der Waals surface area contributed by atoms with Crippen LogP contribution in [0.25, 0.3) is 0 Å². The summed E-state index contributed by atoms with van der Waals surface area (Å²) in [4.78, 5) is 17.7. The average molecular weight is 456 g/mol. The molecule has 0 aromatic heterocycles. The molecule has 0 aliphatic carbocycles. The quantitative estimate of drug-likeness (QED) is 0.253. The largest absolute Gasteiger partial charge is 0.450 e. The van der Waals surface area contributed by atoms with Crippen LogP contribution >= 0.6 is 24.0 Å². The van der Waals surface area contributed by atoms with Crippen molar-refractivity contribution in [2.75, 3.05) is 39.5 Å². The van der Waals surface area contributed by atoms with Gasteiger partial charge in [0.2, 0.25) is 0 Å². The van der Waals surface area contributed by atoms with Crippen molar-refractivity contribution in [1.29, 1.82) is 0 Å². The molecule has 1 heterocycles. The Kier molecular flexibility index (Phi) is 13.1. The van der Waals surface area contributed by atoms with Crippen LogP contribution in [-0.4, -0.2) is 62.4 Å². The average Bonchev–Trinajstić information content (AvgIpc) is 2.51. The fraction of sp³-hybridized carbons (Fsp3) is 0.875. The monoisotopic (exact) mass is 456 g/mol. The minimum Gasteiger partial charge on any atom is -0.450 e. The van der Waals surface area contributed by atoms with E-state index in [0.29, 0.717) is 44.7 Å². The fourth-order valence-corrected chi connectivity index (χ4v) is 2.36. The first-order chi connectivity index (χ1) is 11.0. The van der Waals surface area contributed by atoms with E-state index in [1.54, 1.807) is 4.90 Å². The van der Waals surface area contributed by atoms with Crippen LogP contribution in [0.1, 0.15) is 40.0 Å². The van der Waals surface area contributed by atoms with E-state index in [4.69, 9.17) is 15.2 Å². The summed E-state index contributed by atoms with van der Waals surface area (Å²) in [5, 5.41) is 3.23. The number of rotatable bonds is 8. The lowest BCUT2D eigenvalue weighted by atomic mass is 10.1. The van der Waals surface area contributed by atoms with Crippen molar-refractivity contribution in [3.05, 3.63) is 0 Å². The molecule has 7 nitrogen and oxygen atoms in total. The molecular formula is C16H33IN4O3. The van der Waals surface area contributed by atoms with Gasteiger partial charge in [0.25, 0.3) is 0 Å². The molecule has 24 heavy (non-hydrogen) atoms. The highest BCUT2D eigenvalue weighted by molar-refractivity contribution is 14.0. The molecule has 0 unspecified atom stereocenters. The van der Waals surface area contributed by atoms with E-state index in [2.05, 4.69) is 24.2 Å². The molecule has 0 aromatic rings. The second-order valence-corrected chi connectivity index (χ2v) is 6.19. The molecule has 1 amide bonds. The Morgan fingerprint density at radius 3 is 2.62 bits per heavy atom. The molecule has 0 radical (unpaired) electrons. The Balaban J connectivity index is 0.00000529. The lowest BCUT2D eigenvalue weighted by Crippen LogP contribution is -2.48. The lowest BCUT2D eigenvalue weighted by Gasteiger charge is -2.31. The molecule has 0 bridgehead atoms. The first-order valence-electron chi connectivity index (χ1n) is 8.58. The highest BCUT2D eigenvalue weighted by atomic mass is 127. The number of aliphatic imine (C=N–C) groups is 1. The van der Waals surface area contributed by atoms with Crippen LogP contribution in [0.15, 0.2) is 4.99 Å². The van der Waals surface area contributed by atoms with Gasteiger partial charge in [-0.3, -0.25) is 4.99 Å². The molecular weight excluding hydrogens is 423 g/mol. The normalized spacial score (nSPS) is 16.0. The zero-order chi connectivity index (χ0) is 17.1. The number of ether oxygens (including phenoxy) is 2. The molecule has 1 rings (SSSR count). The Morgan fingerprint density at radius 1 is 1.38 bits per heavy atom. The predicted molar refractivity (Wildman–Crippen MR) is 107 cm³/mol.